The summed E-state index contributed by atoms with van der Waals surface area (Å²) in [6, 6.07) is 0. The zero-order valence-corrected chi connectivity index (χ0v) is 7.54. The third-order valence-electron chi connectivity index (χ3n) is 4.83. The summed E-state index contributed by atoms with van der Waals surface area (Å²) >= 11 is 0. The minimum Gasteiger partial charge on any atom is -0.299 e. The van der Waals surface area contributed by atoms with Crippen molar-refractivity contribution in [3.05, 3.63) is 0 Å². The second-order valence-corrected chi connectivity index (χ2v) is 6.37. The number of ketones is 1. The predicted octanol–water partition coefficient (Wildman–Crippen LogP) is -0.291. The Bertz CT molecular complexity index is 467. The molecule has 4 fully saturated rings. The van der Waals surface area contributed by atoms with Gasteiger partial charge in [-0.3, -0.25) is 9.35 Å². The van der Waals surface area contributed by atoms with Gasteiger partial charge in [-0.25, -0.2) is 0 Å². The first-order valence-electron chi connectivity index (χ1n) is 4.45. The predicted molar refractivity (Wildman–Crippen MR) is 41.4 cm³/mol. The molecule has 13 heavy (non-hydrogen) atoms. The third kappa shape index (κ3) is 0.399. The lowest BCUT2D eigenvalue weighted by Crippen LogP contribution is -2.64. The molecule has 4 nitrogen and oxygen atoms in total. The van der Waals surface area contributed by atoms with Crippen molar-refractivity contribution in [2.24, 2.45) is 28.6 Å². The minimum absolute atomic E-state index is 0.0971. The molecule has 4 saturated carbocycles. The van der Waals surface area contributed by atoms with Crippen LogP contribution in [0.5, 0.6) is 0 Å². The Kier molecular flexibility index (Phi) is 0.695. The van der Waals surface area contributed by atoms with E-state index in [1.807, 2.05) is 0 Å². The number of carbonyl (C=O) groups excluding carboxylic acids is 1. The Labute approximate surface area is 75.1 Å². The van der Waals surface area contributed by atoms with Crippen molar-refractivity contribution in [3.63, 3.8) is 0 Å². The maximum absolute atomic E-state index is 11.5. The van der Waals surface area contributed by atoms with Crippen LogP contribution in [-0.4, -0.2) is 24.5 Å². The van der Waals surface area contributed by atoms with Gasteiger partial charge in [-0.05, 0) is 18.3 Å². The average Bonchev–Trinajstić information content (AvgIpc) is 2.76. The summed E-state index contributed by atoms with van der Waals surface area (Å²) in [5.74, 6) is 1.15. The highest BCUT2D eigenvalue weighted by atomic mass is 32.2. The first-order valence-corrected chi connectivity index (χ1v) is 6.05. The van der Waals surface area contributed by atoms with Crippen molar-refractivity contribution in [2.45, 2.75) is 6.42 Å². The fourth-order valence-corrected chi connectivity index (χ4v) is 5.59. The van der Waals surface area contributed by atoms with Crippen molar-refractivity contribution in [2.75, 3.05) is 5.75 Å². The lowest BCUT2D eigenvalue weighted by atomic mass is 9.46. The van der Waals surface area contributed by atoms with Gasteiger partial charge in [0.25, 0.3) is 10.1 Å². The molecule has 0 saturated heterocycles. The van der Waals surface area contributed by atoms with E-state index in [4.69, 9.17) is 4.55 Å². The average molecular weight is 200 g/mol. The largest absolute Gasteiger partial charge is 0.299 e. The van der Waals surface area contributed by atoms with E-state index in [0.717, 1.165) is 0 Å². The maximum atomic E-state index is 11.5. The summed E-state index contributed by atoms with van der Waals surface area (Å²) in [7, 11) is -3.98. The summed E-state index contributed by atoms with van der Waals surface area (Å²) in [5, 5.41) is 0. The van der Waals surface area contributed by atoms with E-state index < -0.39 is 15.5 Å². The zero-order chi connectivity index (χ0) is 9.22. The fourth-order valence-electron chi connectivity index (χ4n) is 4.46. The molecule has 0 bridgehead atoms. The molecule has 4 aliphatic rings. The van der Waals surface area contributed by atoms with Crippen LogP contribution in [0.2, 0.25) is 0 Å². The molecule has 0 amide bonds. The number of fused-ring (bicyclic) bond motifs is 2. The number of hydrogen-bond donors (Lipinski definition) is 1. The van der Waals surface area contributed by atoms with E-state index in [9.17, 15) is 13.2 Å². The number of rotatable bonds is 2. The lowest BCUT2D eigenvalue weighted by Gasteiger charge is -2.56. The van der Waals surface area contributed by atoms with Gasteiger partial charge < -0.3 is 0 Å². The van der Waals surface area contributed by atoms with Gasteiger partial charge in [0.05, 0.1) is 11.2 Å². The van der Waals surface area contributed by atoms with Crippen LogP contribution in [0.3, 0.4) is 0 Å². The van der Waals surface area contributed by atoms with Gasteiger partial charge in [-0.2, -0.15) is 8.42 Å². The van der Waals surface area contributed by atoms with Crippen LogP contribution in [0, 0.1) is 28.6 Å². The Morgan fingerprint density at radius 1 is 1.54 bits per heavy atom. The molecule has 0 radical (unpaired) electrons. The SMILES string of the molecule is O=C1C2C3C4CC1(CS(=O)(=O)O)C423. The second-order valence-electron chi connectivity index (χ2n) is 4.92. The fraction of sp³-hybridized carbons (Fsp3) is 0.875. The number of carbonyl (C=O) groups is 1. The van der Waals surface area contributed by atoms with Crippen LogP contribution < -0.4 is 0 Å². The molecular formula is C8H8O4S. The van der Waals surface area contributed by atoms with Gasteiger partial charge in [0.2, 0.25) is 0 Å². The minimum atomic E-state index is -3.98. The van der Waals surface area contributed by atoms with E-state index in [-0.39, 0.29) is 22.9 Å². The lowest BCUT2D eigenvalue weighted by molar-refractivity contribution is -0.163. The van der Waals surface area contributed by atoms with Crippen LogP contribution in [-0.2, 0) is 14.9 Å². The van der Waals surface area contributed by atoms with Crippen molar-refractivity contribution in [1.82, 2.24) is 0 Å². The summed E-state index contributed by atoms with van der Waals surface area (Å²) in [4.78, 5) is 11.5. The molecule has 4 aliphatic carbocycles. The number of Topliss-reactive ketones (excluding diaryl/α,β-unsaturated/α-hetero) is 1. The molecule has 5 heteroatoms. The monoisotopic (exact) mass is 200 g/mol. The van der Waals surface area contributed by atoms with Crippen LogP contribution in [0.15, 0.2) is 0 Å². The van der Waals surface area contributed by atoms with Crippen molar-refractivity contribution in [3.8, 4) is 0 Å². The summed E-state index contributed by atoms with van der Waals surface area (Å²) < 4.78 is 30.2. The molecule has 0 aliphatic heterocycles. The molecule has 5 atom stereocenters. The zero-order valence-electron chi connectivity index (χ0n) is 6.73. The van der Waals surface area contributed by atoms with Crippen molar-refractivity contribution in [1.29, 1.82) is 0 Å². The van der Waals surface area contributed by atoms with E-state index in [1.165, 1.54) is 0 Å². The quantitative estimate of drug-likeness (QED) is 0.622. The normalized spacial score (nSPS) is 64.4. The van der Waals surface area contributed by atoms with E-state index in [0.29, 0.717) is 18.3 Å². The maximum Gasteiger partial charge on any atom is 0.265 e. The molecule has 0 aromatic rings. The Balaban J connectivity index is 1.77. The highest BCUT2D eigenvalue weighted by molar-refractivity contribution is 7.85. The molecule has 4 rings (SSSR count). The molecule has 70 valence electrons. The van der Waals surface area contributed by atoms with Crippen LogP contribution in [0.1, 0.15) is 6.42 Å². The standard InChI is InChI=1S/C8H8O4S/c9-6-5-4-3-1-7(6,8(3,4)5)2-13(10,11)12/h3-5H,1-2H2,(H,10,11,12). The molecule has 5 unspecified atom stereocenters. The summed E-state index contributed by atoms with van der Waals surface area (Å²) in [6.07, 6.45) is 0.715. The highest BCUT2D eigenvalue weighted by Gasteiger charge is 3.09. The van der Waals surface area contributed by atoms with Gasteiger partial charge in [-0.1, -0.05) is 0 Å². The Morgan fingerprint density at radius 3 is 2.54 bits per heavy atom. The van der Waals surface area contributed by atoms with Crippen LogP contribution in [0.4, 0.5) is 0 Å². The van der Waals surface area contributed by atoms with E-state index in [1.54, 1.807) is 0 Å². The number of hydrogen-bond acceptors (Lipinski definition) is 3. The highest BCUT2D eigenvalue weighted by Crippen LogP contribution is 3.06. The molecule has 0 aromatic carbocycles. The van der Waals surface area contributed by atoms with Gasteiger partial charge >= 0.3 is 0 Å². The molecule has 0 heterocycles. The Hall–Kier alpha value is -0.420. The first kappa shape index (κ1) is 6.95. The first-order chi connectivity index (χ1) is 5.95. The van der Waals surface area contributed by atoms with Gasteiger partial charge in [0, 0.05) is 11.3 Å². The van der Waals surface area contributed by atoms with Crippen LogP contribution >= 0.6 is 0 Å². The van der Waals surface area contributed by atoms with Crippen molar-refractivity contribution < 1.29 is 17.8 Å². The topological polar surface area (TPSA) is 71.4 Å². The summed E-state index contributed by atoms with van der Waals surface area (Å²) in [6.45, 7) is 0. The molecular weight excluding hydrogens is 192 g/mol. The van der Waals surface area contributed by atoms with Gasteiger partial charge in [-0.15, -0.1) is 0 Å². The molecule has 1 N–H and O–H groups in total. The van der Waals surface area contributed by atoms with Gasteiger partial charge in [0.1, 0.15) is 5.78 Å². The van der Waals surface area contributed by atoms with Gasteiger partial charge in [0.15, 0.2) is 0 Å². The van der Waals surface area contributed by atoms with Crippen LogP contribution in [0.25, 0.3) is 0 Å². The van der Waals surface area contributed by atoms with E-state index >= 15 is 0 Å². The molecule has 1 spiro atoms. The van der Waals surface area contributed by atoms with Crippen molar-refractivity contribution >= 4 is 15.9 Å². The van der Waals surface area contributed by atoms with E-state index in [2.05, 4.69) is 0 Å². The smallest absolute Gasteiger partial charge is 0.265 e. The Morgan fingerprint density at radius 2 is 2.23 bits per heavy atom. The summed E-state index contributed by atoms with van der Waals surface area (Å²) in [5.41, 5.74) is -0.527. The second kappa shape index (κ2) is 1.30. The molecule has 0 aromatic heterocycles. The third-order valence-corrected chi connectivity index (χ3v) is 5.69.